The quantitative estimate of drug-likeness (QED) is 0.607. The van der Waals surface area contributed by atoms with Gasteiger partial charge in [0, 0.05) is 6.61 Å². The molecular weight excluding hydrogens is 154 g/mol. The first-order valence-corrected chi connectivity index (χ1v) is 4.27. The molecule has 0 bridgehead atoms. The lowest BCUT2D eigenvalue weighted by atomic mass is 9.74. The minimum absolute atomic E-state index is 0.0385. The van der Waals surface area contributed by atoms with Crippen LogP contribution in [0.4, 0.5) is 0 Å². The van der Waals surface area contributed by atoms with E-state index in [-0.39, 0.29) is 12.5 Å². The van der Waals surface area contributed by atoms with Crippen molar-refractivity contribution in [1.82, 2.24) is 0 Å². The Morgan fingerprint density at radius 2 is 2.33 bits per heavy atom. The van der Waals surface area contributed by atoms with Gasteiger partial charge in [-0.05, 0) is 25.7 Å². The number of aliphatic hydroxyl groups is 1. The minimum atomic E-state index is -0.469. The second kappa shape index (κ2) is 3.72. The highest BCUT2D eigenvalue weighted by atomic mass is 16.3. The molecule has 0 aromatic carbocycles. The van der Waals surface area contributed by atoms with Crippen LogP contribution in [0, 0.1) is 5.41 Å². The molecule has 12 heavy (non-hydrogen) atoms. The lowest BCUT2D eigenvalue weighted by Gasteiger charge is -2.30. The largest absolute Gasteiger partial charge is 0.396 e. The predicted molar refractivity (Wildman–Crippen MR) is 46.3 cm³/mol. The van der Waals surface area contributed by atoms with E-state index in [1.165, 1.54) is 0 Å². The molecule has 0 fully saturated rings. The number of carbonyl (C=O) groups excluding carboxylic acids is 1. The van der Waals surface area contributed by atoms with Crippen LogP contribution in [0.25, 0.3) is 0 Å². The number of hydrogen-bond donors (Lipinski definition) is 2. The minimum Gasteiger partial charge on any atom is -0.396 e. The van der Waals surface area contributed by atoms with Crippen molar-refractivity contribution < 1.29 is 9.90 Å². The molecule has 0 spiro atoms. The third-order valence-electron chi connectivity index (χ3n) is 2.58. The smallest absolute Gasteiger partial charge is 0.224 e. The van der Waals surface area contributed by atoms with E-state index in [9.17, 15) is 4.79 Å². The number of carbonyl (C=O) groups is 1. The van der Waals surface area contributed by atoms with Gasteiger partial charge in [0.1, 0.15) is 0 Å². The van der Waals surface area contributed by atoms with Crippen molar-refractivity contribution in [2.24, 2.45) is 11.1 Å². The Hall–Kier alpha value is -0.830. The summed E-state index contributed by atoms with van der Waals surface area (Å²) in [6.07, 6.45) is 6.88. The van der Waals surface area contributed by atoms with E-state index in [1.807, 2.05) is 6.08 Å². The third-order valence-corrected chi connectivity index (χ3v) is 2.58. The maximum Gasteiger partial charge on any atom is 0.224 e. The molecule has 1 aliphatic rings. The molecule has 1 atom stereocenters. The monoisotopic (exact) mass is 169 g/mol. The van der Waals surface area contributed by atoms with E-state index in [1.54, 1.807) is 0 Å². The van der Waals surface area contributed by atoms with Gasteiger partial charge in [0.25, 0.3) is 0 Å². The van der Waals surface area contributed by atoms with Crippen molar-refractivity contribution in [3.8, 4) is 0 Å². The molecule has 0 saturated carbocycles. The summed E-state index contributed by atoms with van der Waals surface area (Å²) in [6.45, 7) is 0.0385. The highest BCUT2D eigenvalue weighted by Gasteiger charge is 2.35. The van der Waals surface area contributed by atoms with Crippen LogP contribution in [0.3, 0.4) is 0 Å². The average Bonchev–Trinajstić information content (AvgIpc) is 2.06. The van der Waals surface area contributed by atoms with Gasteiger partial charge in [-0.15, -0.1) is 0 Å². The summed E-state index contributed by atoms with van der Waals surface area (Å²) >= 11 is 0. The summed E-state index contributed by atoms with van der Waals surface area (Å²) in [5.74, 6) is -0.277. The van der Waals surface area contributed by atoms with Crippen molar-refractivity contribution in [3.05, 3.63) is 12.2 Å². The number of primary amides is 1. The Morgan fingerprint density at radius 1 is 1.58 bits per heavy atom. The molecule has 68 valence electrons. The third kappa shape index (κ3) is 1.67. The Kier molecular flexibility index (Phi) is 2.87. The predicted octanol–water partition coefficient (Wildman–Crippen LogP) is 0.581. The Morgan fingerprint density at radius 3 is 2.75 bits per heavy atom. The van der Waals surface area contributed by atoms with Crippen LogP contribution in [0.1, 0.15) is 25.7 Å². The molecule has 3 nitrogen and oxygen atoms in total. The van der Waals surface area contributed by atoms with Gasteiger partial charge in [-0.1, -0.05) is 12.2 Å². The number of nitrogens with two attached hydrogens (primary N) is 1. The van der Waals surface area contributed by atoms with E-state index < -0.39 is 5.41 Å². The van der Waals surface area contributed by atoms with Crippen LogP contribution in [-0.2, 0) is 4.79 Å². The fourth-order valence-electron chi connectivity index (χ4n) is 1.68. The van der Waals surface area contributed by atoms with Crippen molar-refractivity contribution in [1.29, 1.82) is 0 Å². The second-order valence-electron chi connectivity index (χ2n) is 3.33. The van der Waals surface area contributed by atoms with Gasteiger partial charge in [-0.3, -0.25) is 4.79 Å². The topological polar surface area (TPSA) is 63.3 Å². The molecular formula is C9H15NO2. The molecule has 1 amide bonds. The maximum atomic E-state index is 11.1. The summed E-state index contributed by atoms with van der Waals surface area (Å²) in [5, 5.41) is 8.80. The molecule has 3 heteroatoms. The molecule has 0 aromatic heterocycles. The molecule has 0 saturated heterocycles. The molecule has 1 rings (SSSR count). The van der Waals surface area contributed by atoms with Gasteiger partial charge >= 0.3 is 0 Å². The Labute approximate surface area is 72.3 Å². The summed E-state index contributed by atoms with van der Waals surface area (Å²) in [5.41, 5.74) is 4.84. The fourth-order valence-corrected chi connectivity index (χ4v) is 1.68. The average molecular weight is 169 g/mol. The van der Waals surface area contributed by atoms with E-state index in [0.717, 1.165) is 12.8 Å². The molecule has 0 heterocycles. The van der Waals surface area contributed by atoms with E-state index in [2.05, 4.69) is 6.08 Å². The lowest BCUT2D eigenvalue weighted by molar-refractivity contribution is -0.129. The normalized spacial score (nSPS) is 28.8. The highest BCUT2D eigenvalue weighted by Crippen LogP contribution is 2.35. The van der Waals surface area contributed by atoms with E-state index in [0.29, 0.717) is 12.8 Å². The van der Waals surface area contributed by atoms with Gasteiger partial charge in [0.15, 0.2) is 0 Å². The van der Waals surface area contributed by atoms with E-state index in [4.69, 9.17) is 10.8 Å². The first kappa shape index (κ1) is 9.26. The Bertz CT molecular complexity index is 201. The van der Waals surface area contributed by atoms with Crippen molar-refractivity contribution >= 4 is 5.91 Å². The summed E-state index contributed by atoms with van der Waals surface area (Å²) in [6, 6.07) is 0. The Balaban J connectivity index is 2.71. The first-order chi connectivity index (χ1) is 5.71. The lowest BCUT2D eigenvalue weighted by Crippen LogP contribution is -2.38. The summed E-state index contributed by atoms with van der Waals surface area (Å²) in [4.78, 5) is 11.1. The number of allylic oxidation sites excluding steroid dienone is 2. The first-order valence-electron chi connectivity index (χ1n) is 4.27. The molecule has 1 unspecified atom stereocenters. The van der Waals surface area contributed by atoms with Crippen LogP contribution in [-0.4, -0.2) is 17.6 Å². The van der Waals surface area contributed by atoms with Gasteiger partial charge < -0.3 is 10.8 Å². The van der Waals surface area contributed by atoms with Gasteiger partial charge in [-0.25, -0.2) is 0 Å². The van der Waals surface area contributed by atoms with Crippen LogP contribution < -0.4 is 5.73 Å². The second-order valence-corrected chi connectivity index (χ2v) is 3.33. The molecule has 1 aliphatic carbocycles. The molecule has 0 aliphatic heterocycles. The van der Waals surface area contributed by atoms with Crippen molar-refractivity contribution in [2.45, 2.75) is 25.7 Å². The number of aliphatic hydroxyl groups excluding tert-OH is 1. The van der Waals surface area contributed by atoms with Gasteiger partial charge in [0.05, 0.1) is 5.41 Å². The highest BCUT2D eigenvalue weighted by molar-refractivity contribution is 5.81. The fraction of sp³-hybridized carbons (Fsp3) is 0.667. The number of amides is 1. The molecule has 0 radical (unpaired) electrons. The van der Waals surface area contributed by atoms with Gasteiger partial charge in [0.2, 0.25) is 5.91 Å². The molecule has 3 N–H and O–H groups in total. The maximum absolute atomic E-state index is 11.1. The number of rotatable bonds is 3. The number of hydrogen-bond acceptors (Lipinski definition) is 2. The zero-order chi connectivity index (χ0) is 9.03. The standard InChI is InChI=1S/C9H15NO2/c10-8(12)9(6-7-11)4-2-1-3-5-9/h1-2,11H,3-7H2,(H2,10,12). The van der Waals surface area contributed by atoms with Gasteiger partial charge in [-0.2, -0.15) is 0 Å². The summed E-state index contributed by atoms with van der Waals surface area (Å²) in [7, 11) is 0. The van der Waals surface area contributed by atoms with E-state index >= 15 is 0 Å². The summed E-state index contributed by atoms with van der Waals surface area (Å²) < 4.78 is 0. The van der Waals surface area contributed by atoms with Crippen molar-refractivity contribution in [3.63, 3.8) is 0 Å². The zero-order valence-corrected chi connectivity index (χ0v) is 7.12. The van der Waals surface area contributed by atoms with Crippen LogP contribution in [0.2, 0.25) is 0 Å². The molecule has 0 aromatic rings. The SMILES string of the molecule is NC(=O)C1(CCO)CC=CCC1. The van der Waals surface area contributed by atoms with Crippen LogP contribution >= 0.6 is 0 Å². The van der Waals surface area contributed by atoms with Crippen molar-refractivity contribution in [2.75, 3.05) is 6.61 Å². The van der Waals surface area contributed by atoms with Crippen LogP contribution in [0.15, 0.2) is 12.2 Å². The van der Waals surface area contributed by atoms with Crippen LogP contribution in [0.5, 0.6) is 0 Å². The zero-order valence-electron chi connectivity index (χ0n) is 7.12.